The summed E-state index contributed by atoms with van der Waals surface area (Å²) in [5.74, 6) is 0.464. The van der Waals surface area contributed by atoms with Crippen molar-refractivity contribution >= 4 is 11.8 Å². The number of nitrogens with zero attached hydrogens (tertiary/aromatic N) is 2. The highest BCUT2D eigenvalue weighted by molar-refractivity contribution is 5.86. The first-order valence-corrected chi connectivity index (χ1v) is 6.42. The largest absolute Gasteiger partial charge is 0.361 e. The van der Waals surface area contributed by atoms with Crippen molar-refractivity contribution in [1.29, 1.82) is 0 Å². The van der Waals surface area contributed by atoms with Crippen molar-refractivity contribution in [3.8, 4) is 0 Å². The summed E-state index contributed by atoms with van der Waals surface area (Å²) in [5, 5.41) is 6.70. The van der Waals surface area contributed by atoms with Gasteiger partial charge in [-0.15, -0.1) is 0 Å². The Kier molecular flexibility index (Phi) is 3.87. The van der Waals surface area contributed by atoms with E-state index in [0.717, 1.165) is 23.4 Å². The minimum atomic E-state index is -0.218. The fourth-order valence-electron chi connectivity index (χ4n) is 2.24. The molecule has 1 aromatic rings. The van der Waals surface area contributed by atoms with Crippen molar-refractivity contribution in [1.82, 2.24) is 15.4 Å². The third-order valence-corrected chi connectivity index (χ3v) is 3.65. The molecule has 0 bridgehead atoms. The molecular formula is C13H19N3O3. The normalized spacial score (nSPS) is 19.6. The van der Waals surface area contributed by atoms with E-state index in [9.17, 15) is 9.59 Å². The summed E-state index contributed by atoms with van der Waals surface area (Å²) in [6.07, 6.45) is 1.01. The number of nitrogens with one attached hydrogen (secondary N) is 1. The second kappa shape index (κ2) is 5.42. The summed E-state index contributed by atoms with van der Waals surface area (Å²) in [6.45, 7) is 4.71. The summed E-state index contributed by atoms with van der Waals surface area (Å²) in [5.41, 5.74) is 1.70. The first-order valence-electron chi connectivity index (χ1n) is 6.42. The van der Waals surface area contributed by atoms with Gasteiger partial charge in [0.1, 0.15) is 5.76 Å². The van der Waals surface area contributed by atoms with E-state index < -0.39 is 0 Å². The molecule has 0 aromatic carbocycles. The van der Waals surface area contributed by atoms with Gasteiger partial charge in [-0.25, -0.2) is 0 Å². The number of hydrogen-bond donors (Lipinski definition) is 1. The molecule has 1 aliphatic rings. The molecule has 2 heterocycles. The number of aromatic nitrogens is 1. The zero-order valence-electron chi connectivity index (χ0n) is 11.5. The molecule has 0 aliphatic carbocycles. The lowest BCUT2D eigenvalue weighted by Crippen LogP contribution is -2.41. The lowest BCUT2D eigenvalue weighted by Gasteiger charge is -2.27. The predicted molar refractivity (Wildman–Crippen MR) is 68.2 cm³/mol. The van der Waals surface area contributed by atoms with Crippen molar-refractivity contribution in [3.05, 3.63) is 17.0 Å². The maximum absolute atomic E-state index is 12.0. The lowest BCUT2D eigenvalue weighted by atomic mass is 9.95. The number of carbonyl (C=O) groups is 2. The van der Waals surface area contributed by atoms with Crippen LogP contribution in [0.1, 0.15) is 29.9 Å². The molecule has 0 saturated carbocycles. The average molecular weight is 265 g/mol. The van der Waals surface area contributed by atoms with Gasteiger partial charge in [0.05, 0.1) is 5.69 Å². The standard InChI is InChI=1S/C13H19N3O3/c1-8-11(9(2)19-15-8)7-14-13(18)10-4-5-16(3)12(17)6-10/h10H,4-7H2,1-3H3,(H,14,18). The highest BCUT2D eigenvalue weighted by atomic mass is 16.5. The van der Waals surface area contributed by atoms with E-state index in [0.29, 0.717) is 19.5 Å². The summed E-state index contributed by atoms with van der Waals surface area (Å²) in [4.78, 5) is 25.3. The number of likely N-dealkylation sites (tertiary alicyclic amines) is 1. The maximum Gasteiger partial charge on any atom is 0.223 e. The van der Waals surface area contributed by atoms with Crippen LogP contribution >= 0.6 is 0 Å². The first kappa shape index (κ1) is 13.6. The van der Waals surface area contributed by atoms with Gasteiger partial charge in [-0.05, 0) is 20.3 Å². The number of aryl methyl sites for hydroxylation is 2. The Labute approximate surface area is 112 Å². The quantitative estimate of drug-likeness (QED) is 0.876. The summed E-state index contributed by atoms with van der Waals surface area (Å²) < 4.78 is 5.04. The van der Waals surface area contributed by atoms with Crippen LogP contribution in [0.4, 0.5) is 0 Å². The van der Waals surface area contributed by atoms with Gasteiger partial charge in [0, 0.05) is 38.0 Å². The van der Waals surface area contributed by atoms with Crippen LogP contribution in [0.2, 0.25) is 0 Å². The first-order chi connectivity index (χ1) is 8.99. The zero-order valence-corrected chi connectivity index (χ0v) is 11.5. The van der Waals surface area contributed by atoms with Gasteiger partial charge < -0.3 is 14.7 Å². The summed E-state index contributed by atoms with van der Waals surface area (Å²) >= 11 is 0. The number of piperidine rings is 1. The fraction of sp³-hybridized carbons (Fsp3) is 0.615. The molecule has 1 atom stereocenters. The number of carbonyl (C=O) groups excluding carboxylic acids is 2. The van der Waals surface area contributed by atoms with Crippen LogP contribution in [0.5, 0.6) is 0 Å². The Balaban J connectivity index is 1.90. The van der Waals surface area contributed by atoms with E-state index in [1.165, 1.54) is 0 Å². The van der Waals surface area contributed by atoms with Crippen LogP contribution in [-0.4, -0.2) is 35.5 Å². The zero-order chi connectivity index (χ0) is 14.0. The Bertz CT molecular complexity index is 476. The Morgan fingerprint density at radius 2 is 2.26 bits per heavy atom. The van der Waals surface area contributed by atoms with Gasteiger partial charge in [0.15, 0.2) is 0 Å². The molecule has 0 radical (unpaired) electrons. The maximum atomic E-state index is 12.0. The molecular weight excluding hydrogens is 246 g/mol. The van der Waals surface area contributed by atoms with Crippen LogP contribution in [0, 0.1) is 19.8 Å². The Hall–Kier alpha value is -1.85. The Morgan fingerprint density at radius 1 is 1.53 bits per heavy atom. The second-order valence-corrected chi connectivity index (χ2v) is 5.03. The molecule has 1 fully saturated rings. The number of amides is 2. The molecule has 2 rings (SSSR count). The van der Waals surface area contributed by atoms with E-state index in [-0.39, 0.29) is 17.7 Å². The van der Waals surface area contributed by atoms with Crippen LogP contribution in [0.25, 0.3) is 0 Å². The smallest absolute Gasteiger partial charge is 0.223 e. The molecule has 19 heavy (non-hydrogen) atoms. The van der Waals surface area contributed by atoms with Crippen LogP contribution in [0.15, 0.2) is 4.52 Å². The van der Waals surface area contributed by atoms with E-state index in [2.05, 4.69) is 10.5 Å². The molecule has 6 heteroatoms. The van der Waals surface area contributed by atoms with E-state index in [1.807, 2.05) is 13.8 Å². The minimum absolute atomic E-state index is 0.0312. The molecule has 1 saturated heterocycles. The van der Waals surface area contributed by atoms with Gasteiger partial charge in [0.25, 0.3) is 0 Å². The number of rotatable bonds is 3. The molecule has 0 spiro atoms. The molecule has 2 amide bonds. The monoisotopic (exact) mass is 265 g/mol. The van der Waals surface area contributed by atoms with Gasteiger partial charge in [0.2, 0.25) is 11.8 Å². The highest BCUT2D eigenvalue weighted by Crippen LogP contribution is 2.18. The number of hydrogen-bond acceptors (Lipinski definition) is 4. The molecule has 1 aromatic heterocycles. The highest BCUT2D eigenvalue weighted by Gasteiger charge is 2.28. The minimum Gasteiger partial charge on any atom is -0.361 e. The van der Waals surface area contributed by atoms with Crippen LogP contribution in [-0.2, 0) is 16.1 Å². The third kappa shape index (κ3) is 2.94. The summed E-state index contributed by atoms with van der Waals surface area (Å²) in [7, 11) is 1.76. The fourth-order valence-corrected chi connectivity index (χ4v) is 2.24. The second-order valence-electron chi connectivity index (χ2n) is 5.03. The van der Waals surface area contributed by atoms with Crippen molar-refractivity contribution in [3.63, 3.8) is 0 Å². The molecule has 104 valence electrons. The topological polar surface area (TPSA) is 75.4 Å². The van der Waals surface area contributed by atoms with Crippen molar-refractivity contribution < 1.29 is 14.1 Å². The van der Waals surface area contributed by atoms with E-state index >= 15 is 0 Å². The Morgan fingerprint density at radius 3 is 2.84 bits per heavy atom. The third-order valence-electron chi connectivity index (χ3n) is 3.65. The molecule has 1 N–H and O–H groups in total. The van der Waals surface area contributed by atoms with Crippen molar-refractivity contribution in [2.45, 2.75) is 33.2 Å². The van der Waals surface area contributed by atoms with Crippen LogP contribution in [0.3, 0.4) is 0 Å². The van der Waals surface area contributed by atoms with Gasteiger partial charge >= 0.3 is 0 Å². The average Bonchev–Trinajstić information content (AvgIpc) is 2.69. The van der Waals surface area contributed by atoms with E-state index in [1.54, 1.807) is 11.9 Å². The SMILES string of the molecule is Cc1noc(C)c1CNC(=O)C1CCN(C)C(=O)C1. The molecule has 6 nitrogen and oxygen atoms in total. The summed E-state index contributed by atoms with van der Waals surface area (Å²) in [6, 6.07) is 0. The van der Waals surface area contributed by atoms with Crippen molar-refractivity contribution in [2.75, 3.05) is 13.6 Å². The van der Waals surface area contributed by atoms with Gasteiger partial charge in [-0.3, -0.25) is 9.59 Å². The molecule has 1 unspecified atom stereocenters. The lowest BCUT2D eigenvalue weighted by molar-refractivity contribution is -0.139. The van der Waals surface area contributed by atoms with Gasteiger partial charge in [-0.2, -0.15) is 0 Å². The molecule has 1 aliphatic heterocycles. The van der Waals surface area contributed by atoms with E-state index in [4.69, 9.17) is 4.52 Å². The predicted octanol–water partition coefficient (Wildman–Crippen LogP) is 0.776. The van der Waals surface area contributed by atoms with Crippen molar-refractivity contribution in [2.24, 2.45) is 5.92 Å². The van der Waals surface area contributed by atoms with Crippen LogP contribution < -0.4 is 5.32 Å². The van der Waals surface area contributed by atoms with Gasteiger partial charge in [-0.1, -0.05) is 5.16 Å².